The van der Waals surface area contributed by atoms with Crippen LogP contribution in [0.25, 0.3) is 0 Å². The summed E-state index contributed by atoms with van der Waals surface area (Å²) >= 11 is 0. The zero-order valence-electron chi connectivity index (χ0n) is 21.5. The fourth-order valence-electron chi connectivity index (χ4n) is 5.44. The zero-order valence-corrected chi connectivity index (χ0v) is 22.3. The van der Waals surface area contributed by atoms with Gasteiger partial charge in [0.15, 0.2) is 6.61 Å². The van der Waals surface area contributed by atoms with E-state index in [2.05, 4.69) is 12.1 Å². The van der Waals surface area contributed by atoms with Gasteiger partial charge in [-0.15, -0.1) is 0 Å². The van der Waals surface area contributed by atoms with Crippen LogP contribution in [0.2, 0.25) is 0 Å². The smallest absolute Gasteiger partial charge is 0.338 e. The zero-order chi connectivity index (χ0) is 26.7. The molecule has 198 valence electrons. The Bertz CT molecular complexity index is 1420. The summed E-state index contributed by atoms with van der Waals surface area (Å²) in [7, 11) is -3.88. The van der Waals surface area contributed by atoms with E-state index in [4.69, 9.17) is 4.74 Å². The fraction of sp³-hybridized carbons (Fsp3) is 0.333. The highest BCUT2D eigenvalue weighted by molar-refractivity contribution is 7.92. The number of ether oxygens (including phenoxy) is 1. The topological polar surface area (TPSA) is 84.0 Å². The molecule has 2 aliphatic rings. The second-order valence-electron chi connectivity index (χ2n) is 10.1. The summed E-state index contributed by atoms with van der Waals surface area (Å²) < 4.78 is 33.7. The number of nitrogens with zero attached hydrogens (tertiary/aromatic N) is 2. The van der Waals surface area contributed by atoms with Crippen molar-refractivity contribution in [3.8, 4) is 0 Å². The SMILES string of the molecule is C[C@@H]1Cc2ccccc2N1S(=O)(=O)c1cccc(C(=O)OCC(=O)N2CCC(Cc3ccccc3)CC2)c1. The molecule has 8 heteroatoms. The van der Waals surface area contributed by atoms with Crippen molar-refractivity contribution in [2.75, 3.05) is 24.0 Å². The maximum Gasteiger partial charge on any atom is 0.338 e. The molecule has 0 unspecified atom stereocenters. The Balaban J connectivity index is 1.18. The van der Waals surface area contributed by atoms with Crippen molar-refractivity contribution < 1.29 is 22.7 Å². The number of esters is 1. The van der Waals surface area contributed by atoms with Crippen LogP contribution < -0.4 is 4.31 Å². The molecule has 1 saturated heterocycles. The molecule has 0 aliphatic carbocycles. The minimum Gasteiger partial charge on any atom is -0.452 e. The van der Waals surface area contributed by atoms with E-state index in [9.17, 15) is 18.0 Å². The molecule has 0 bridgehead atoms. The normalized spacial score (nSPS) is 17.8. The first kappa shape index (κ1) is 26.0. The molecule has 0 saturated carbocycles. The predicted octanol–water partition coefficient (Wildman–Crippen LogP) is 4.46. The maximum absolute atomic E-state index is 13.5. The van der Waals surface area contributed by atoms with Gasteiger partial charge in [-0.2, -0.15) is 0 Å². The van der Waals surface area contributed by atoms with Gasteiger partial charge in [0.05, 0.1) is 16.1 Å². The summed E-state index contributed by atoms with van der Waals surface area (Å²) in [5.74, 6) is -0.425. The average Bonchev–Trinajstić information content (AvgIpc) is 3.29. The molecule has 2 aliphatic heterocycles. The number of para-hydroxylation sites is 1. The van der Waals surface area contributed by atoms with Crippen LogP contribution in [0.3, 0.4) is 0 Å². The van der Waals surface area contributed by atoms with Crippen molar-refractivity contribution >= 4 is 27.6 Å². The molecule has 0 N–H and O–H groups in total. The van der Waals surface area contributed by atoms with Crippen LogP contribution in [0.1, 0.15) is 41.3 Å². The second kappa shape index (κ2) is 11.0. The highest BCUT2D eigenvalue weighted by atomic mass is 32.2. The summed E-state index contributed by atoms with van der Waals surface area (Å²) in [4.78, 5) is 27.2. The number of carbonyl (C=O) groups excluding carboxylic acids is 2. The maximum atomic E-state index is 13.5. The van der Waals surface area contributed by atoms with E-state index < -0.39 is 16.0 Å². The van der Waals surface area contributed by atoms with Crippen LogP contribution >= 0.6 is 0 Å². The Hall–Kier alpha value is -3.65. The minimum atomic E-state index is -3.88. The molecule has 0 radical (unpaired) electrons. The van der Waals surface area contributed by atoms with Gasteiger partial charge in [0.25, 0.3) is 15.9 Å². The third-order valence-electron chi connectivity index (χ3n) is 7.43. The minimum absolute atomic E-state index is 0.0160. The van der Waals surface area contributed by atoms with Crippen molar-refractivity contribution in [3.63, 3.8) is 0 Å². The first-order chi connectivity index (χ1) is 18.3. The quantitative estimate of drug-likeness (QED) is 0.420. The molecule has 0 aromatic heterocycles. The molecular weight excluding hydrogens is 500 g/mol. The number of amides is 1. The van der Waals surface area contributed by atoms with Gasteiger partial charge in [0.1, 0.15) is 0 Å². The second-order valence-corrected chi connectivity index (χ2v) is 11.9. The number of hydrogen-bond donors (Lipinski definition) is 0. The lowest BCUT2D eigenvalue weighted by Crippen LogP contribution is -2.41. The van der Waals surface area contributed by atoms with E-state index in [1.165, 1.54) is 34.1 Å². The molecule has 1 fully saturated rings. The summed E-state index contributed by atoms with van der Waals surface area (Å²) in [5.41, 5.74) is 3.03. The molecule has 1 amide bonds. The predicted molar refractivity (Wildman–Crippen MR) is 145 cm³/mol. The number of benzene rings is 3. The van der Waals surface area contributed by atoms with Gasteiger partial charge in [0.2, 0.25) is 0 Å². The highest BCUT2D eigenvalue weighted by Gasteiger charge is 2.36. The van der Waals surface area contributed by atoms with E-state index >= 15 is 0 Å². The number of sulfonamides is 1. The average molecular weight is 533 g/mol. The first-order valence-corrected chi connectivity index (χ1v) is 14.5. The van der Waals surface area contributed by atoms with Crippen molar-refractivity contribution in [1.82, 2.24) is 4.90 Å². The first-order valence-electron chi connectivity index (χ1n) is 13.0. The molecule has 1 atom stereocenters. The lowest BCUT2D eigenvalue weighted by Gasteiger charge is -2.32. The van der Waals surface area contributed by atoms with Gasteiger partial charge in [-0.3, -0.25) is 9.10 Å². The molecule has 3 aromatic carbocycles. The standard InChI is InChI=1S/C30H32N2O5S/c1-22-18-25-10-5-6-13-28(25)32(22)38(35,36)27-12-7-11-26(20-27)30(34)37-21-29(33)31-16-14-24(15-17-31)19-23-8-3-2-4-9-23/h2-13,20,22,24H,14-19,21H2,1H3/t22-/m1/s1. The van der Waals surface area contributed by atoms with Crippen LogP contribution in [0.15, 0.2) is 83.8 Å². The van der Waals surface area contributed by atoms with E-state index in [1.807, 2.05) is 43.3 Å². The molecule has 3 aromatic rings. The van der Waals surface area contributed by atoms with Crippen LogP contribution in [-0.4, -0.2) is 50.9 Å². The van der Waals surface area contributed by atoms with Crippen molar-refractivity contribution in [3.05, 3.63) is 95.6 Å². The van der Waals surface area contributed by atoms with Gasteiger partial charge in [0, 0.05) is 19.1 Å². The third-order valence-corrected chi connectivity index (χ3v) is 9.36. The number of anilines is 1. The number of piperidine rings is 1. The lowest BCUT2D eigenvalue weighted by atomic mass is 9.90. The van der Waals surface area contributed by atoms with Crippen molar-refractivity contribution in [1.29, 1.82) is 0 Å². The monoisotopic (exact) mass is 532 g/mol. The van der Waals surface area contributed by atoms with Gasteiger partial charge in [-0.05, 0) is 73.9 Å². The third kappa shape index (κ3) is 5.45. The van der Waals surface area contributed by atoms with E-state index in [1.54, 1.807) is 11.0 Å². The number of fused-ring (bicyclic) bond motifs is 1. The fourth-order valence-corrected chi connectivity index (χ4v) is 7.18. The molecule has 2 heterocycles. The van der Waals surface area contributed by atoms with Crippen molar-refractivity contribution in [2.24, 2.45) is 5.92 Å². The summed E-state index contributed by atoms with van der Waals surface area (Å²) in [6.45, 7) is 2.77. The van der Waals surface area contributed by atoms with E-state index in [-0.39, 0.29) is 29.0 Å². The molecule has 38 heavy (non-hydrogen) atoms. The molecule has 5 rings (SSSR count). The molecule has 0 spiro atoms. The van der Waals surface area contributed by atoms with Crippen LogP contribution in [0.4, 0.5) is 5.69 Å². The largest absolute Gasteiger partial charge is 0.452 e. The Labute approximate surface area is 224 Å². The van der Waals surface area contributed by atoms with E-state index in [0.717, 1.165) is 24.8 Å². The van der Waals surface area contributed by atoms with Gasteiger partial charge >= 0.3 is 5.97 Å². The number of carbonyl (C=O) groups is 2. The number of rotatable bonds is 7. The Morgan fingerprint density at radius 1 is 0.921 bits per heavy atom. The number of hydrogen-bond acceptors (Lipinski definition) is 5. The summed E-state index contributed by atoms with van der Waals surface area (Å²) in [6, 6.07) is 23.4. The van der Waals surface area contributed by atoms with Gasteiger partial charge in [-0.25, -0.2) is 13.2 Å². The van der Waals surface area contributed by atoms with E-state index in [0.29, 0.717) is 31.1 Å². The van der Waals surface area contributed by atoms with Gasteiger partial charge in [-0.1, -0.05) is 54.6 Å². The van der Waals surface area contributed by atoms with Crippen LogP contribution in [0.5, 0.6) is 0 Å². The Morgan fingerprint density at radius 3 is 2.39 bits per heavy atom. The van der Waals surface area contributed by atoms with Gasteiger partial charge < -0.3 is 9.64 Å². The van der Waals surface area contributed by atoms with Crippen LogP contribution in [0, 0.1) is 5.92 Å². The highest BCUT2D eigenvalue weighted by Crippen LogP contribution is 2.36. The summed E-state index contributed by atoms with van der Waals surface area (Å²) in [5, 5.41) is 0. The number of likely N-dealkylation sites (tertiary alicyclic amines) is 1. The Kier molecular flexibility index (Phi) is 7.51. The Morgan fingerprint density at radius 2 is 1.63 bits per heavy atom. The lowest BCUT2D eigenvalue weighted by molar-refractivity contribution is -0.135. The van der Waals surface area contributed by atoms with Crippen LogP contribution in [-0.2, 0) is 32.4 Å². The van der Waals surface area contributed by atoms with Crippen molar-refractivity contribution in [2.45, 2.75) is 43.5 Å². The molecular formula is C30H32N2O5S. The molecule has 7 nitrogen and oxygen atoms in total. The summed E-state index contributed by atoms with van der Waals surface area (Å²) in [6.07, 6.45) is 3.45.